The highest BCUT2D eigenvalue weighted by molar-refractivity contribution is 14.1. The number of benzene rings is 2. The summed E-state index contributed by atoms with van der Waals surface area (Å²) in [4.78, 5) is 10.3. The normalized spacial score (nSPS) is 9.95. The van der Waals surface area contributed by atoms with E-state index < -0.39 is 11.8 Å². The van der Waals surface area contributed by atoms with Crippen molar-refractivity contribution < 1.29 is 19.4 Å². The van der Waals surface area contributed by atoms with Gasteiger partial charge in [0.25, 0.3) is 0 Å². The van der Waals surface area contributed by atoms with Crippen molar-refractivity contribution in [1.29, 1.82) is 0 Å². The number of phenols is 1. The molecule has 0 aliphatic heterocycles. The van der Waals surface area contributed by atoms with Crippen LogP contribution in [-0.2, 0) is 0 Å². The molecule has 0 saturated heterocycles. The van der Waals surface area contributed by atoms with Crippen LogP contribution < -0.4 is 0 Å². The van der Waals surface area contributed by atoms with E-state index >= 15 is 0 Å². The summed E-state index contributed by atoms with van der Waals surface area (Å²) in [6.45, 7) is 4.26. The summed E-state index contributed by atoms with van der Waals surface area (Å²) in [5.74, 6) is -1.05. The Morgan fingerprint density at radius 3 is 2.14 bits per heavy atom. The first-order chi connectivity index (χ1) is 9.81. The predicted molar refractivity (Wildman–Crippen MR) is 88.3 cm³/mol. The van der Waals surface area contributed by atoms with E-state index in [2.05, 4.69) is 13.8 Å². The van der Waals surface area contributed by atoms with Gasteiger partial charge < -0.3 is 10.2 Å². The van der Waals surface area contributed by atoms with Crippen LogP contribution in [0.3, 0.4) is 0 Å². The summed E-state index contributed by atoms with van der Waals surface area (Å²) < 4.78 is 13.4. The van der Waals surface area contributed by atoms with Crippen molar-refractivity contribution in [2.24, 2.45) is 0 Å². The van der Waals surface area contributed by atoms with Gasteiger partial charge in [-0.15, -0.1) is 0 Å². The molecule has 5 heteroatoms. The van der Waals surface area contributed by atoms with Crippen LogP contribution in [0.2, 0.25) is 0 Å². The highest BCUT2D eigenvalue weighted by Gasteiger charge is 2.08. The minimum absolute atomic E-state index is 0.287. The number of hydrogen-bond donors (Lipinski definition) is 2. The Kier molecular flexibility index (Phi) is 6.61. The molecule has 2 aromatic rings. The zero-order valence-electron chi connectivity index (χ0n) is 11.7. The van der Waals surface area contributed by atoms with E-state index in [9.17, 15) is 9.18 Å². The van der Waals surface area contributed by atoms with Gasteiger partial charge in [0, 0.05) is 3.57 Å². The molecule has 0 radical (unpaired) electrons. The van der Waals surface area contributed by atoms with Gasteiger partial charge in [-0.3, -0.25) is 0 Å². The average molecular weight is 402 g/mol. The molecule has 0 heterocycles. The highest BCUT2D eigenvalue weighted by Crippen LogP contribution is 2.17. The first kappa shape index (κ1) is 17.4. The second-order valence-electron chi connectivity index (χ2n) is 4.68. The molecule has 0 unspecified atom stereocenters. The van der Waals surface area contributed by atoms with Crippen LogP contribution >= 0.6 is 22.6 Å². The van der Waals surface area contributed by atoms with Crippen LogP contribution in [0.25, 0.3) is 0 Å². The molecule has 0 bridgehead atoms. The first-order valence-corrected chi connectivity index (χ1v) is 7.36. The van der Waals surface area contributed by atoms with Crippen molar-refractivity contribution in [3.63, 3.8) is 0 Å². The Morgan fingerprint density at radius 2 is 1.71 bits per heavy atom. The predicted octanol–water partition coefficient (Wildman–Crippen LogP) is 4.64. The lowest BCUT2D eigenvalue weighted by molar-refractivity contribution is 0.0692. The number of carboxylic acid groups (broad SMARTS) is 1. The van der Waals surface area contributed by atoms with Crippen molar-refractivity contribution in [2.45, 2.75) is 19.8 Å². The van der Waals surface area contributed by atoms with Gasteiger partial charge >= 0.3 is 5.97 Å². The fourth-order valence-corrected chi connectivity index (χ4v) is 1.98. The van der Waals surface area contributed by atoms with Crippen molar-refractivity contribution in [3.8, 4) is 5.75 Å². The Labute approximate surface area is 136 Å². The monoisotopic (exact) mass is 402 g/mol. The number of carboxylic acids is 1. The van der Waals surface area contributed by atoms with Crippen LogP contribution in [0, 0.1) is 9.39 Å². The van der Waals surface area contributed by atoms with Gasteiger partial charge in [-0.05, 0) is 64.4 Å². The molecule has 0 fully saturated rings. The fraction of sp³-hybridized carbons (Fsp3) is 0.188. The van der Waals surface area contributed by atoms with E-state index in [1.165, 1.54) is 17.7 Å². The molecular formula is C16H16FIO3. The Bertz CT molecular complexity index is 609. The van der Waals surface area contributed by atoms with E-state index in [-0.39, 0.29) is 5.56 Å². The molecule has 0 saturated carbocycles. The van der Waals surface area contributed by atoms with Gasteiger partial charge in [-0.2, -0.15) is 0 Å². The molecule has 0 spiro atoms. The average Bonchev–Trinajstić information content (AvgIpc) is 2.39. The minimum atomic E-state index is -1.24. The Morgan fingerprint density at radius 1 is 1.14 bits per heavy atom. The van der Waals surface area contributed by atoms with Crippen LogP contribution in [0.15, 0.2) is 42.5 Å². The van der Waals surface area contributed by atoms with Gasteiger partial charge in [0.15, 0.2) is 0 Å². The number of halogens is 2. The molecule has 2 rings (SSSR count). The Balaban J connectivity index is 0.000000211. The third-order valence-electron chi connectivity index (χ3n) is 2.72. The molecule has 2 aromatic carbocycles. The van der Waals surface area contributed by atoms with Gasteiger partial charge in [0.2, 0.25) is 0 Å². The molecule has 0 amide bonds. The van der Waals surface area contributed by atoms with Crippen molar-refractivity contribution in [3.05, 3.63) is 63.0 Å². The second-order valence-corrected chi connectivity index (χ2v) is 5.92. The van der Waals surface area contributed by atoms with E-state index in [1.54, 1.807) is 18.2 Å². The molecule has 3 nitrogen and oxygen atoms in total. The van der Waals surface area contributed by atoms with E-state index in [0.717, 1.165) is 0 Å². The number of rotatable bonds is 2. The molecule has 112 valence electrons. The largest absolute Gasteiger partial charge is 0.508 e. The molecular weight excluding hydrogens is 386 g/mol. The maximum Gasteiger partial charge on any atom is 0.338 e. The lowest BCUT2D eigenvalue weighted by atomic mass is 10.0. The summed E-state index contributed by atoms with van der Waals surface area (Å²) in [7, 11) is 0. The van der Waals surface area contributed by atoms with Gasteiger partial charge in [0.05, 0.1) is 5.56 Å². The van der Waals surface area contributed by atoms with Gasteiger partial charge in [-0.1, -0.05) is 26.0 Å². The van der Waals surface area contributed by atoms with E-state index in [4.69, 9.17) is 10.2 Å². The SMILES string of the molecule is CC(C)c1ccc(O)cc1.O=C(O)c1ccc(I)cc1F. The van der Waals surface area contributed by atoms with Crippen molar-refractivity contribution in [1.82, 2.24) is 0 Å². The maximum absolute atomic E-state index is 12.7. The van der Waals surface area contributed by atoms with E-state index in [0.29, 0.717) is 15.2 Å². The van der Waals surface area contributed by atoms with Crippen LogP contribution in [-0.4, -0.2) is 16.2 Å². The summed E-state index contributed by atoms with van der Waals surface area (Å²) in [6.07, 6.45) is 0. The van der Waals surface area contributed by atoms with Gasteiger partial charge in [-0.25, -0.2) is 9.18 Å². The third-order valence-corrected chi connectivity index (χ3v) is 3.39. The lowest BCUT2D eigenvalue weighted by Crippen LogP contribution is -1.99. The molecule has 2 N–H and O–H groups in total. The topological polar surface area (TPSA) is 57.5 Å². The smallest absolute Gasteiger partial charge is 0.338 e. The number of hydrogen-bond acceptors (Lipinski definition) is 2. The molecule has 21 heavy (non-hydrogen) atoms. The Hall–Kier alpha value is -1.63. The zero-order valence-corrected chi connectivity index (χ0v) is 13.8. The maximum atomic E-state index is 12.7. The van der Waals surface area contributed by atoms with E-state index in [1.807, 2.05) is 34.7 Å². The second kappa shape index (κ2) is 7.97. The summed E-state index contributed by atoms with van der Waals surface area (Å²) in [5, 5.41) is 17.4. The molecule has 0 atom stereocenters. The fourth-order valence-electron chi connectivity index (χ4n) is 1.52. The van der Waals surface area contributed by atoms with Crippen LogP contribution in [0.5, 0.6) is 5.75 Å². The number of carbonyl (C=O) groups is 1. The zero-order chi connectivity index (χ0) is 16.0. The van der Waals surface area contributed by atoms with Crippen molar-refractivity contribution in [2.75, 3.05) is 0 Å². The molecule has 0 aliphatic carbocycles. The van der Waals surface area contributed by atoms with Crippen molar-refractivity contribution >= 4 is 28.6 Å². The summed E-state index contributed by atoms with van der Waals surface area (Å²) in [6, 6.07) is 11.3. The summed E-state index contributed by atoms with van der Waals surface area (Å²) in [5.41, 5.74) is 0.975. The highest BCUT2D eigenvalue weighted by atomic mass is 127. The minimum Gasteiger partial charge on any atom is -0.508 e. The lowest BCUT2D eigenvalue weighted by Gasteiger charge is -2.03. The quantitative estimate of drug-likeness (QED) is 0.720. The summed E-state index contributed by atoms with van der Waals surface area (Å²) >= 11 is 1.91. The third kappa shape index (κ3) is 5.71. The van der Waals surface area contributed by atoms with Crippen LogP contribution in [0.1, 0.15) is 35.7 Å². The van der Waals surface area contributed by atoms with Crippen LogP contribution in [0.4, 0.5) is 4.39 Å². The molecule has 0 aliphatic rings. The number of aromatic carboxylic acids is 1. The standard InChI is InChI=1S/C9H12O.C7H4FIO2/c1-7(2)8-3-5-9(10)6-4-8;8-6-3-4(9)1-2-5(6)7(10)11/h3-7,10H,1-2H3;1-3H,(H,10,11). The number of aromatic hydroxyl groups is 1. The van der Waals surface area contributed by atoms with Gasteiger partial charge in [0.1, 0.15) is 11.6 Å². The first-order valence-electron chi connectivity index (χ1n) is 6.28. The number of phenolic OH excluding ortho intramolecular Hbond substituents is 1. The molecule has 0 aromatic heterocycles.